The maximum absolute atomic E-state index is 12.7. The third-order valence-electron chi connectivity index (χ3n) is 5.20. The van der Waals surface area contributed by atoms with Crippen LogP contribution >= 0.6 is 0 Å². The molecule has 1 aromatic heterocycles. The number of nitrogens with one attached hydrogen (secondary N) is 1. The van der Waals surface area contributed by atoms with Gasteiger partial charge in [0, 0.05) is 19.0 Å². The van der Waals surface area contributed by atoms with Gasteiger partial charge >= 0.3 is 5.69 Å². The van der Waals surface area contributed by atoms with Crippen molar-refractivity contribution in [3.63, 3.8) is 0 Å². The van der Waals surface area contributed by atoms with E-state index in [4.69, 9.17) is 5.73 Å². The van der Waals surface area contributed by atoms with Crippen molar-refractivity contribution in [2.75, 3.05) is 0 Å². The molecule has 1 heterocycles. The Morgan fingerprint density at radius 2 is 1.79 bits per heavy atom. The highest BCUT2D eigenvalue weighted by atomic mass is 16.2. The second-order valence-electron chi connectivity index (χ2n) is 7.31. The summed E-state index contributed by atoms with van der Waals surface area (Å²) in [4.78, 5) is 48.8. The maximum atomic E-state index is 12.7. The molecule has 0 bridgehead atoms. The van der Waals surface area contributed by atoms with E-state index in [-0.39, 0.29) is 25.0 Å². The van der Waals surface area contributed by atoms with Gasteiger partial charge in [0.1, 0.15) is 6.54 Å². The molecule has 1 saturated carbocycles. The predicted molar refractivity (Wildman–Crippen MR) is 106 cm³/mol. The molecule has 0 aliphatic heterocycles. The monoisotopic (exact) mass is 386 g/mol. The number of amides is 2. The van der Waals surface area contributed by atoms with E-state index in [1.807, 2.05) is 0 Å². The zero-order valence-corrected chi connectivity index (χ0v) is 15.9. The fraction of sp³-hybridized carbons (Fsp3) is 0.500. The molecule has 1 aliphatic rings. The van der Waals surface area contributed by atoms with Gasteiger partial charge in [-0.1, -0.05) is 25.0 Å². The molecular formula is C20H26N4O4. The van der Waals surface area contributed by atoms with Gasteiger partial charge in [0.15, 0.2) is 0 Å². The van der Waals surface area contributed by atoms with Gasteiger partial charge in [-0.2, -0.15) is 0 Å². The van der Waals surface area contributed by atoms with E-state index in [9.17, 15) is 19.2 Å². The lowest BCUT2D eigenvalue weighted by atomic mass is 10.2. The van der Waals surface area contributed by atoms with E-state index in [1.165, 1.54) is 4.57 Å². The highest BCUT2D eigenvalue weighted by Crippen LogP contribution is 2.17. The lowest BCUT2D eigenvalue weighted by Gasteiger charge is -2.13. The van der Waals surface area contributed by atoms with Crippen LogP contribution < -0.4 is 22.3 Å². The summed E-state index contributed by atoms with van der Waals surface area (Å²) in [6.45, 7) is -0.0958. The topological polar surface area (TPSA) is 116 Å². The van der Waals surface area contributed by atoms with E-state index in [0.29, 0.717) is 30.2 Å². The predicted octanol–water partition coefficient (Wildman–Crippen LogP) is 0.878. The van der Waals surface area contributed by atoms with Gasteiger partial charge in [0.25, 0.3) is 5.56 Å². The quantitative estimate of drug-likeness (QED) is 0.655. The minimum absolute atomic E-state index is 0.0175. The average molecular weight is 386 g/mol. The SMILES string of the molecule is NC(=O)Cn1c(=O)n(CCCCC(=O)NC2CCCC2)c(=O)c2ccccc21. The number of benzene rings is 1. The molecule has 1 aliphatic carbocycles. The van der Waals surface area contributed by atoms with Crippen LogP contribution in [-0.4, -0.2) is 27.0 Å². The summed E-state index contributed by atoms with van der Waals surface area (Å²) in [6, 6.07) is 6.95. The van der Waals surface area contributed by atoms with E-state index < -0.39 is 17.2 Å². The van der Waals surface area contributed by atoms with Crippen molar-refractivity contribution in [1.82, 2.24) is 14.5 Å². The Morgan fingerprint density at radius 1 is 1.07 bits per heavy atom. The third-order valence-corrected chi connectivity index (χ3v) is 5.20. The standard InChI is InChI=1S/C20H26N4O4/c21-17(25)13-24-16-10-4-3-9-15(16)19(27)23(20(24)28)12-6-5-11-18(26)22-14-7-1-2-8-14/h3-4,9-10,14H,1-2,5-8,11-13H2,(H2,21,25)(H,22,26). The van der Waals surface area contributed by atoms with Gasteiger partial charge in [-0.15, -0.1) is 0 Å². The minimum atomic E-state index is -0.652. The van der Waals surface area contributed by atoms with Crippen LogP contribution in [0.25, 0.3) is 10.9 Å². The van der Waals surface area contributed by atoms with Crippen LogP contribution in [0.1, 0.15) is 44.9 Å². The molecule has 28 heavy (non-hydrogen) atoms. The van der Waals surface area contributed by atoms with Crippen LogP contribution in [0.5, 0.6) is 0 Å². The second kappa shape index (κ2) is 8.86. The second-order valence-corrected chi connectivity index (χ2v) is 7.31. The first-order chi connectivity index (χ1) is 13.5. The fourth-order valence-electron chi connectivity index (χ4n) is 3.80. The number of aromatic nitrogens is 2. The Bertz CT molecular complexity index is 986. The molecule has 1 fully saturated rings. The summed E-state index contributed by atoms with van der Waals surface area (Å²) in [6.07, 6.45) is 5.86. The fourth-order valence-corrected chi connectivity index (χ4v) is 3.80. The number of nitrogens with zero attached hydrogens (tertiary/aromatic N) is 2. The first kappa shape index (κ1) is 19.9. The molecule has 3 rings (SSSR count). The van der Waals surface area contributed by atoms with Crippen molar-refractivity contribution in [3.05, 3.63) is 45.1 Å². The largest absolute Gasteiger partial charge is 0.368 e. The molecule has 8 heteroatoms. The highest BCUT2D eigenvalue weighted by molar-refractivity contribution is 5.81. The van der Waals surface area contributed by atoms with Crippen LogP contribution in [0.3, 0.4) is 0 Å². The van der Waals surface area contributed by atoms with E-state index in [0.717, 1.165) is 30.3 Å². The normalized spacial score (nSPS) is 14.4. The molecule has 2 aromatic rings. The van der Waals surface area contributed by atoms with Gasteiger partial charge < -0.3 is 11.1 Å². The average Bonchev–Trinajstić information content (AvgIpc) is 3.17. The number of nitrogens with two attached hydrogens (primary N) is 1. The van der Waals surface area contributed by atoms with Crippen LogP contribution in [0.2, 0.25) is 0 Å². The van der Waals surface area contributed by atoms with Gasteiger partial charge in [-0.3, -0.25) is 23.5 Å². The molecule has 3 N–H and O–H groups in total. The van der Waals surface area contributed by atoms with Crippen molar-refractivity contribution in [2.45, 2.75) is 64.1 Å². The number of hydrogen-bond donors (Lipinski definition) is 2. The Hall–Kier alpha value is -2.90. The van der Waals surface area contributed by atoms with Crippen LogP contribution in [0, 0.1) is 0 Å². The highest BCUT2D eigenvalue weighted by Gasteiger charge is 2.17. The first-order valence-corrected chi connectivity index (χ1v) is 9.77. The Kier molecular flexibility index (Phi) is 6.28. The molecule has 1 aromatic carbocycles. The summed E-state index contributed by atoms with van der Waals surface area (Å²) in [5, 5.41) is 3.39. The number of unbranched alkanes of at least 4 members (excludes halogenated alkanes) is 1. The Balaban J connectivity index is 1.70. The van der Waals surface area contributed by atoms with Crippen LogP contribution in [0.4, 0.5) is 0 Å². The summed E-state index contributed by atoms with van der Waals surface area (Å²) in [7, 11) is 0. The van der Waals surface area contributed by atoms with E-state index >= 15 is 0 Å². The molecule has 0 radical (unpaired) electrons. The van der Waals surface area contributed by atoms with Crippen molar-refractivity contribution in [1.29, 1.82) is 0 Å². The lowest BCUT2D eigenvalue weighted by Crippen LogP contribution is -2.42. The lowest BCUT2D eigenvalue weighted by molar-refractivity contribution is -0.122. The third kappa shape index (κ3) is 4.49. The Morgan fingerprint density at radius 3 is 2.50 bits per heavy atom. The number of fused-ring (bicyclic) bond motifs is 1. The zero-order valence-electron chi connectivity index (χ0n) is 15.9. The minimum Gasteiger partial charge on any atom is -0.368 e. The summed E-state index contributed by atoms with van der Waals surface area (Å²) < 4.78 is 2.35. The molecule has 0 unspecified atom stereocenters. The number of carbonyl (C=O) groups is 2. The molecule has 150 valence electrons. The van der Waals surface area contributed by atoms with Crippen LogP contribution in [-0.2, 0) is 22.7 Å². The molecule has 0 spiro atoms. The van der Waals surface area contributed by atoms with Crippen molar-refractivity contribution < 1.29 is 9.59 Å². The summed E-state index contributed by atoms with van der Waals surface area (Å²) in [5.41, 5.74) is 4.71. The number of hydrogen-bond acceptors (Lipinski definition) is 4. The van der Waals surface area contributed by atoms with Gasteiger partial charge in [-0.05, 0) is 37.8 Å². The molecule has 0 saturated heterocycles. The van der Waals surface area contributed by atoms with Crippen molar-refractivity contribution in [2.24, 2.45) is 5.73 Å². The van der Waals surface area contributed by atoms with Gasteiger partial charge in [0.2, 0.25) is 11.8 Å². The Labute approximate surface area is 162 Å². The van der Waals surface area contributed by atoms with Crippen molar-refractivity contribution in [3.8, 4) is 0 Å². The van der Waals surface area contributed by atoms with E-state index in [2.05, 4.69) is 5.32 Å². The van der Waals surface area contributed by atoms with E-state index in [1.54, 1.807) is 24.3 Å². The van der Waals surface area contributed by atoms with Crippen LogP contribution in [0.15, 0.2) is 33.9 Å². The first-order valence-electron chi connectivity index (χ1n) is 9.77. The molecule has 0 atom stereocenters. The number of rotatable bonds is 8. The van der Waals surface area contributed by atoms with Crippen molar-refractivity contribution >= 4 is 22.7 Å². The zero-order chi connectivity index (χ0) is 20.1. The summed E-state index contributed by atoms with van der Waals surface area (Å²) in [5.74, 6) is -0.634. The summed E-state index contributed by atoms with van der Waals surface area (Å²) >= 11 is 0. The smallest absolute Gasteiger partial charge is 0.331 e. The molecule has 8 nitrogen and oxygen atoms in total. The number of carbonyl (C=O) groups excluding carboxylic acids is 2. The number of primary amides is 1. The number of para-hydroxylation sites is 1. The molecule has 2 amide bonds. The molecular weight excluding hydrogens is 360 g/mol. The van der Waals surface area contributed by atoms with Gasteiger partial charge in [0.05, 0.1) is 10.9 Å². The maximum Gasteiger partial charge on any atom is 0.331 e. The van der Waals surface area contributed by atoms with Gasteiger partial charge in [-0.25, -0.2) is 4.79 Å².